The Labute approximate surface area is 262 Å². The summed E-state index contributed by atoms with van der Waals surface area (Å²) in [5.41, 5.74) is 1.23. The predicted octanol–water partition coefficient (Wildman–Crippen LogP) is 6.79. The van der Waals surface area contributed by atoms with Gasteiger partial charge in [-0.3, -0.25) is 14.5 Å². The van der Waals surface area contributed by atoms with Crippen molar-refractivity contribution >= 4 is 45.7 Å². The van der Waals surface area contributed by atoms with Gasteiger partial charge in [0.25, 0.3) is 5.78 Å². The SMILES string of the molecule is CCOc1ccc(/C(O)=C2\C(=O)C(=O)N(c3nnc(SCc4ccccc4F)s3)C2c2ccc(OCC)c(OCC)c2)cc1. The molecule has 1 N–H and O–H groups in total. The van der Waals surface area contributed by atoms with E-state index in [4.69, 9.17) is 14.2 Å². The maximum absolute atomic E-state index is 14.2. The number of aliphatic hydroxyl groups excluding tert-OH is 1. The zero-order chi connectivity index (χ0) is 31.2. The van der Waals surface area contributed by atoms with E-state index in [1.807, 2.05) is 20.8 Å². The summed E-state index contributed by atoms with van der Waals surface area (Å²) in [7, 11) is 0. The number of rotatable bonds is 12. The molecule has 0 spiro atoms. The van der Waals surface area contributed by atoms with Gasteiger partial charge in [-0.15, -0.1) is 10.2 Å². The molecule has 4 aromatic rings. The van der Waals surface area contributed by atoms with E-state index in [0.29, 0.717) is 63.9 Å². The topological polar surface area (TPSA) is 111 Å². The van der Waals surface area contributed by atoms with E-state index < -0.39 is 17.7 Å². The van der Waals surface area contributed by atoms with Crippen molar-refractivity contribution in [3.8, 4) is 17.2 Å². The second-order valence-corrected chi connectivity index (χ2v) is 11.6. The smallest absolute Gasteiger partial charge is 0.301 e. The number of carbonyl (C=O) groups excluding carboxylic acids is 2. The average Bonchev–Trinajstić information content (AvgIpc) is 3.60. The number of aromatic nitrogens is 2. The van der Waals surface area contributed by atoms with Gasteiger partial charge in [0.1, 0.15) is 17.3 Å². The highest BCUT2D eigenvalue weighted by molar-refractivity contribution is 8.00. The fourth-order valence-electron chi connectivity index (χ4n) is 4.73. The largest absolute Gasteiger partial charge is 0.507 e. The van der Waals surface area contributed by atoms with E-state index in [1.165, 1.54) is 22.7 Å². The van der Waals surface area contributed by atoms with Gasteiger partial charge < -0.3 is 19.3 Å². The molecule has 1 unspecified atom stereocenters. The molecule has 3 aromatic carbocycles. The van der Waals surface area contributed by atoms with Crippen molar-refractivity contribution in [2.75, 3.05) is 24.7 Å². The zero-order valence-electron chi connectivity index (χ0n) is 24.3. The van der Waals surface area contributed by atoms with Gasteiger partial charge >= 0.3 is 5.91 Å². The van der Waals surface area contributed by atoms with E-state index in [9.17, 15) is 19.1 Å². The number of ether oxygens (including phenoxy) is 3. The molecule has 1 atom stereocenters. The third-order valence-electron chi connectivity index (χ3n) is 6.68. The maximum atomic E-state index is 14.2. The van der Waals surface area contributed by atoms with Crippen LogP contribution in [0.4, 0.5) is 9.52 Å². The van der Waals surface area contributed by atoms with Crippen molar-refractivity contribution in [2.45, 2.75) is 36.9 Å². The highest BCUT2D eigenvalue weighted by atomic mass is 32.2. The lowest BCUT2D eigenvalue weighted by Crippen LogP contribution is -2.29. The molecular formula is C32H30FN3O6S2. The second kappa shape index (κ2) is 13.9. The summed E-state index contributed by atoms with van der Waals surface area (Å²) in [5, 5.41) is 20.1. The summed E-state index contributed by atoms with van der Waals surface area (Å²) in [5.74, 6) is -0.572. The zero-order valence-corrected chi connectivity index (χ0v) is 25.9. The van der Waals surface area contributed by atoms with Gasteiger partial charge in [0.15, 0.2) is 15.8 Å². The molecule has 0 radical (unpaired) electrons. The molecule has 12 heteroatoms. The van der Waals surface area contributed by atoms with E-state index in [1.54, 1.807) is 60.7 Å². The number of hydrogen-bond donors (Lipinski definition) is 1. The molecule has 44 heavy (non-hydrogen) atoms. The molecule has 1 aliphatic heterocycles. The van der Waals surface area contributed by atoms with E-state index in [0.717, 1.165) is 11.3 Å². The number of ketones is 1. The monoisotopic (exact) mass is 635 g/mol. The Morgan fingerprint density at radius 1 is 0.932 bits per heavy atom. The summed E-state index contributed by atoms with van der Waals surface area (Å²) in [6.45, 7) is 6.79. The average molecular weight is 636 g/mol. The first-order valence-electron chi connectivity index (χ1n) is 14.0. The minimum atomic E-state index is -1.05. The van der Waals surface area contributed by atoms with Crippen LogP contribution in [0, 0.1) is 5.82 Å². The normalized spacial score (nSPS) is 15.9. The summed E-state index contributed by atoms with van der Waals surface area (Å²) < 4.78 is 31.7. The van der Waals surface area contributed by atoms with Crippen molar-refractivity contribution in [3.63, 3.8) is 0 Å². The van der Waals surface area contributed by atoms with Gasteiger partial charge in [0, 0.05) is 11.3 Å². The number of aliphatic hydroxyl groups is 1. The molecule has 0 aliphatic carbocycles. The molecule has 1 amide bonds. The molecule has 9 nitrogen and oxygen atoms in total. The van der Waals surface area contributed by atoms with Crippen LogP contribution in [0.15, 0.2) is 76.6 Å². The number of nitrogens with zero attached hydrogens (tertiary/aromatic N) is 3. The van der Waals surface area contributed by atoms with Gasteiger partial charge in [-0.25, -0.2) is 4.39 Å². The maximum Gasteiger partial charge on any atom is 0.301 e. The Bertz CT molecular complexity index is 1690. The molecule has 1 saturated heterocycles. The van der Waals surface area contributed by atoms with Crippen LogP contribution in [-0.4, -0.2) is 46.8 Å². The molecule has 5 rings (SSSR count). The molecule has 0 bridgehead atoms. The number of hydrogen-bond acceptors (Lipinski definition) is 10. The number of carbonyl (C=O) groups is 2. The van der Waals surface area contributed by atoms with Crippen LogP contribution in [0.2, 0.25) is 0 Å². The summed E-state index contributed by atoms with van der Waals surface area (Å²) in [6.07, 6.45) is 0. The lowest BCUT2D eigenvalue weighted by molar-refractivity contribution is -0.132. The number of amides is 1. The third-order valence-corrected chi connectivity index (χ3v) is 8.78. The molecule has 228 valence electrons. The molecule has 1 fully saturated rings. The van der Waals surface area contributed by atoms with Crippen LogP contribution < -0.4 is 19.1 Å². The van der Waals surface area contributed by atoms with Crippen molar-refractivity contribution < 1.29 is 33.3 Å². The van der Waals surface area contributed by atoms with Crippen molar-refractivity contribution in [2.24, 2.45) is 0 Å². The van der Waals surface area contributed by atoms with Crippen molar-refractivity contribution in [1.82, 2.24) is 10.2 Å². The quantitative estimate of drug-likeness (QED) is 0.0591. The standard InChI is InChI=1S/C32H30FN3O6S2/c1-4-40-22-14-11-19(12-15-22)28(37)26-27(20-13-16-24(41-5-2)25(17-20)42-6-3)36(30(39)29(26)38)31-34-35-32(44-31)43-18-21-9-7-8-10-23(21)33/h7-17,27,37H,4-6,18H2,1-3H3/b28-26+. The Kier molecular flexibility index (Phi) is 9.81. The molecule has 1 aromatic heterocycles. The predicted molar refractivity (Wildman–Crippen MR) is 167 cm³/mol. The number of Topliss-reactive ketones (excluding diaryl/α,β-unsaturated/α-hetero) is 1. The molecule has 2 heterocycles. The lowest BCUT2D eigenvalue weighted by Gasteiger charge is -2.23. The Morgan fingerprint density at radius 3 is 2.34 bits per heavy atom. The van der Waals surface area contributed by atoms with Gasteiger partial charge in [0.05, 0.1) is 31.4 Å². The van der Waals surface area contributed by atoms with Gasteiger partial charge in [-0.1, -0.05) is 47.4 Å². The number of benzene rings is 3. The Morgan fingerprint density at radius 2 is 1.64 bits per heavy atom. The highest BCUT2D eigenvalue weighted by Gasteiger charge is 2.48. The third kappa shape index (κ3) is 6.41. The minimum absolute atomic E-state index is 0.110. The molecule has 0 saturated carbocycles. The summed E-state index contributed by atoms with van der Waals surface area (Å²) in [4.78, 5) is 28.5. The van der Waals surface area contributed by atoms with E-state index >= 15 is 0 Å². The first-order chi connectivity index (χ1) is 21.4. The summed E-state index contributed by atoms with van der Waals surface area (Å²) in [6, 6.07) is 17.1. The van der Waals surface area contributed by atoms with Crippen molar-refractivity contribution in [3.05, 3.63) is 94.8 Å². The van der Waals surface area contributed by atoms with Gasteiger partial charge in [0.2, 0.25) is 5.13 Å². The van der Waals surface area contributed by atoms with Gasteiger partial charge in [-0.05, 0) is 74.4 Å². The lowest BCUT2D eigenvalue weighted by atomic mass is 9.95. The van der Waals surface area contributed by atoms with Crippen LogP contribution in [0.5, 0.6) is 17.2 Å². The van der Waals surface area contributed by atoms with Crippen LogP contribution in [0.3, 0.4) is 0 Å². The van der Waals surface area contributed by atoms with E-state index in [-0.39, 0.29) is 22.3 Å². The number of halogens is 1. The highest BCUT2D eigenvalue weighted by Crippen LogP contribution is 2.45. The molecular weight excluding hydrogens is 605 g/mol. The van der Waals surface area contributed by atoms with Crippen LogP contribution in [0.1, 0.15) is 43.5 Å². The second-order valence-electron chi connectivity index (χ2n) is 9.43. The number of anilines is 1. The summed E-state index contributed by atoms with van der Waals surface area (Å²) >= 11 is 2.36. The minimum Gasteiger partial charge on any atom is -0.507 e. The van der Waals surface area contributed by atoms with Gasteiger partial charge in [-0.2, -0.15) is 0 Å². The Hall–Kier alpha value is -4.42. The van der Waals surface area contributed by atoms with E-state index in [2.05, 4.69) is 10.2 Å². The van der Waals surface area contributed by atoms with Crippen molar-refractivity contribution in [1.29, 1.82) is 0 Å². The fraction of sp³-hybridized carbons (Fsp3) is 0.250. The first-order valence-corrected chi connectivity index (χ1v) is 15.8. The Balaban J connectivity index is 1.58. The molecule has 1 aliphatic rings. The van der Waals surface area contributed by atoms with Crippen LogP contribution in [0.25, 0.3) is 5.76 Å². The fourth-order valence-corrected chi connectivity index (χ4v) is 6.58. The number of thioether (sulfide) groups is 1. The van der Waals surface area contributed by atoms with Crippen LogP contribution >= 0.6 is 23.1 Å². The van der Waals surface area contributed by atoms with Crippen LogP contribution in [-0.2, 0) is 15.3 Å². The first kappa shape index (κ1) is 31.0.